The number of carbonyl (C=O) groups is 2. The van der Waals surface area contributed by atoms with Gasteiger partial charge in [-0.25, -0.2) is 0 Å². The highest BCUT2D eigenvalue weighted by Crippen LogP contribution is 2.40. The van der Waals surface area contributed by atoms with Gasteiger partial charge in [0.1, 0.15) is 11.5 Å². The molecule has 0 saturated carbocycles. The number of hydrogen-bond acceptors (Lipinski definition) is 8. The maximum absolute atomic E-state index is 13.3. The molecule has 1 aliphatic heterocycles. The smallest absolute Gasteiger partial charge is 0.265 e. The minimum atomic E-state index is -0.370. The van der Waals surface area contributed by atoms with E-state index in [4.69, 9.17) is 23.5 Å². The Hall–Kier alpha value is -4.21. The van der Waals surface area contributed by atoms with Crippen molar-refractivity contribution in [2.24, 2.45) is 0 Å². The molecule has 0 fully saturated rings. The maximum atomic E-state index is 13.3. The highest BCUT2D eigenvalue weighted by Gasteiger charge is 2.28. The first kappa shape index (κ1) is 25.9. The SMILES string of the molecule is CCOc1cc(C(=O)Nc2ccc3c(c2)N(Cc2c(C)noc2C)C(=O)CO3)cc(OCC)c1OCC. The Kier molecular flexibility index (Phi) is 7.86. The van der Waals surface area contributed by atoms with E-state index < -0.39 is 0 Å². The van der Waals surface area contributed by atoms with Gasteiger partial charge in [0.2, 0.25) is 5.75 Å². The van der Waals surface area contributed by atoms with Crippen LogP contribution in [0.5, 0.6) is 23.0 Å². The summed E-state index contributed by atoms with van der Waals surface area (Å²) in [7, 11) is 0. The van der Waals surface area contributed by atoms with Crippen LogP contribution < -0.4 is 29.2 Å². The molecule has 0 unspecified atom stereocenters. The topological polar surface area (TPSA) is 112 Å². The predicted molar refractivity (Wildman–Crippen MR) is 137 cm³/mol. The molecule has 2 aromatic carbocycles. The van der Waals surface area contributed by atoms with Gasteiger partial charge in [0, 0.05) is 16.8 Å². The third-order valence-electron chi connectivity index (χ3n) is 5.83. The van der Waals surface area contributed by atoms with Crippen LogP contribution in [0.15, 0.2) is 34.9 Å². The first-order valence-electron chi connectivity index (χ1n) is 12.2. The molecule has 2 amide bonds. The minimum Gasteiger partial charge on any atom is -0.490 e. The van der Waals surface area contributed by atoms with Crippen molar-refractivity contribution < 1.29 is 33.1 Å². The normalized spacial score (nSPS) is 12.6. The zero-order valence-corrected chi connectivity index (χ0v) is 21.7. The molecular formula is C27H31N3O7. The standard InChI is InChI=1S/C27H31N3O7/c1-6-33-23-11-18(12-24(34-7-2)26(23)35-8-3)27(32)28-19-9-10-22-21(13-19)30(25(31)15-36-22)14-20-16(4)29-37-17(20)5/h9-13H,6-8,14-15H2,1-5H3,(H,28,32). The van der Waals surface area contributed by atoms with Crippen LogP contribution in [0.2, 0.25) is 0 Å². The predicted octanol–water partition coefficient (Wildman–Crippen LogP) is 4.67. The zero-order chi connectivity index (χ0) is 26.5. The van der Waals surface area contributed by atoms with Crippen molar-refractivity contribution >= 4 is 23.2 Å². The van der Waals surface area contributed by atoms with Gasteiger partial charge in [-0.3, -0.25) is 9.59 Å². The molecule has 4 rings (SSSR count). The molecule has 0 spiro atoms. The number of nitrogens with one attached hydrogen (secondary N) is 1. The second-order valence-electron chi connectivity index (χ2n) is 8.31. The van der Waals surface area contributed by atoms with Gasteiger partial charge in [0.15, 0.2) is 18.1 Å². The Morgan fingerprint density at radius 1 is 1.03 bits per heavy atom. The van der Waals surface area contributed by atoms with Crippen LogP contribution in [-0.4, -0.2) is 43.4 Å². The minimum absolute atomic E-state index is 0.0747. The van der Waals surface area contributed by atoms with Gasteiger partial charge in [-0.15, -0.1) is 0 Å². The molecule has 1 aliphatic rings. The number of rotatable bonds is 10. The van der Waals surface area contributed by atoms with Gasteiger partial charge in [0.05, 0.1) is 37.7 Å². The summed E-state index contributed by atoms with van der Waals surface area (Å²) < 4.78 is 28.1. The van der Waals surface area contributed by atoms with E-state index in [2.05, 4.69) is 10.5 Å². The fourth-order valence-electron chi connectivity index (χ4n) is 4.06. The Bertz CT molecular complexity index is 1250. The average Bonchev–Trinajstić information content (AvgIpc) is 3.19. The summed E-state index contributed by atoms with van der Waals surface area (Å²) in [6.45, 7) is 10.6. The van der Waals surface area contributed by atoms with E-state index in [0.717, 1.165) is 5.56 Å². The molecule has 0 radical (unpaired) electrons. The lowest BCUT2D eigenvalue weighted by molar-refractivity contribution is -0.121. The van der Waals surface area contributed by atoms with E-state index >= 15 is 0 Å². The van der Waals surface area contributed by atoms with Gasteiger partial charge < -0.3 is 33.7 Å². The Morgan fingerprint density at radius 3 is 2.30 bits per heavy atom. The molecule has 0 atom stereocenters. The average molecular weight is 510 g/mol. The van der Waals surface area contributed by atoms with Crippen LogP contribution in [0.3, 0.4) is 0 Å². The Balaban J connectivity index is 1.63. The van der Waals surface area contributed by atoms with E-state index in [1.54, 1.807) is 35.2 Å². The summed E-state index contributed by atoms with van der Waals surface area (Å²) in [6.07, 6.45) is 0. The number of benzene rings is 2. The molecule has 0 aliphatic carbocycles. The fraction of sp³-hybridized carbons (Fsp3) is 0.370. The Morgan fingerprint density at radius 2 is 1.70 bits per heavy atom. The van der Waals surface area contributed by atoms with E-state index in [9.17, 15) is 9.59 Å². The molecule has 1 aromatic heterocycles. The van der Waals surface area contributed by atoms with Crippen molar-refractivity contribution in [3.8, 4) is 23.0 Å². The highest BCUT2D eigenvalue weighted by molar-refractivity contribution is 6.06. The van der Waals surface area contributed by atoms with Crippen LogP contribution in [-0.2, 0) is 11.3 Å². The number of hydrogen-bond donors (Lipinski definition) is 1. The molecule has 2 heterocycles. The van der Waals surface area contributed by atoms with Crippen LogP contribution in [0.4, 0.5) is 11.4 Å². The number of aryl methyl sites for hydroxylation is 2. The van der Waals surface area contributed by atoms with Crippen molar-refractivity contribution in [3.05, 3.63) is 52.9 Å². The molecule has 37 heavy (non-hydrogen) atoms. The van der Waals surface area contributed by atoms with E-state index in [1.165, 1.54) is 0 Å². The number of ether oxygens (including phenoxy) is 4. The monoisotopic (exact) mass is 509 g/mol. The van der Waals surface area contributed by atoms with Crippen molar-refractivity contribution in [2.45, 2.75) is 41.2 Å². The molecule has 196 valence electrons. The molecule has 1 N–H and O–H groups in total. The molecular weight excluding hydrogens is 478 g/mol. The lowest BCUT2D eigenvalue weighted by atomic mass is 10.1. The second kappa shape index (κ2) is 11.2. The fourth-order valence-corrected chi connectivity index (χ4v) is 4.06. The van der Waals surface area contributed by atoms with Crippen molar-refractivity contribution in [1.82, 2.24) is 5.16 Å². The first-order valence-corrected chi connectivity index (χ1v) is 12.2. The number of amides is 2. The molecule has 0 saturated heterocycles. The van der Waals surface area contributed by atoms with Gasteiger partial charge >= 0.3 is 0 Å². The van der Waals surface area contributed by atoms with Crippen molar-refractivity contribution in [3.63, 3.8) is 0 Å². The summed E-state index contributed by atoms with van der Waals surface area (Å²) in [5, 5.41) is 6.88. The van der Waals surface area contributed by atoms with Gasteiger partial charge in [-0.1, -0.05) is 5.16 Å². The lowest BCUT2D eigenvalue weighted by Crippen LogP contribution is -2.38. The van der Waals surface area contributed by atoms with Gasteiger partial charge in [0.25, 0.3) is 11.8 Å². The van der Waals surface area contributed by atoms with Crippen LogP contribution >= 0.6 is 0 Å². The van der Waals surface area contributed by atoms with Gasteiger partial charge in [-0.05, 0) is 65.0 Å². The third kappa shape index (κ3) is 5.47. The van der Waals surface area contributed by atoms with Crippen molar-refractivity contribution in [1.29, 1.82) is 0 Å². The second-order valence-corrected chi connectivity index (χ2v) is 8.31. The van der Waals surface area contributed by atoms with Crippen molar-refractivity contribution in [2.75, 3.05) is 36.6 Å². The molecule has 0 bridgehead atoms. The Labute approximate surface area is 215 Å². The number of carbonyl (C=O) groups excluding carboxylic acids is 2. The number of anilines is 2. The molecule has 3 aromatic rings. The quantitative estimate of drug-likeness (QED) is 0.420. The first-order chi connectivity index (χ1) is 17.9. The third-order valence-corrected chi connectivity index (χ3v) is 5.83. The summed E-state index contributed by atoms with van der Waals surface area (Å²) >= 11 is 0. The number of fused-ring (bicyclic) bond motifs is 1. The maximum Gasteiger partial charge on any atom is 0.265 e. The van der Waals surface area contributed by atoms with E-state index in [1.807, 2.05) is 34.6 Å². The van der Waals surface area contributed by atoms with Crippen LogP contribution in [0.1, 0.15) is 48.1 Å². The summed E-state index contributed by atoms with van der Waals surface area (Å²) in [6, 6.07) is 8.42. The van der Waals surface area contributed by atoms with Crippen LogP contribution in [0.25, 0.3) is 0 Å². The highest BCUT2D eigenvalue weighted by atomic mass is 16.5. The number of nitrogens with zero attached hydrogens (tertiary/aromatic N) is 2. The van der Waals surface area contributed by atoms with Crippen LogP contribution in [0, 0.1) is 13.8 Å². The van der Waals surface area contributed by atoms with E-state index in [-0.39, 0.29) is 25.0 Å². The van der Waals surface area contributed by atoms with Gasteiger partial charge in [-0.2, -0.15) is 0 Å². The van der Waals surface area contributed by atoms with E-state index in [0.29, 0.717) is 71.2 Å². The zero-order valence-electron chi connectivity index (χ0n) is 21.7. The lowest BCUT2D eigenvalue weighted by Gasteiger charge is -2.29. The molecule has 10 nitrogen and oxygen atoms in total. The summed E-state index contributed by atoms with van der Waals surface area (Å²) in [5.41, 5.74) is 2.93. The number of aromatic nitrogens is 1. The summed E-state index contributed by atoms with van der Waals surface area (Å²) in [5.74, 6) is 1.93. The molecule has 10 heteroatoms. The largest absolute Gasteiger partial charge is 0.490 e. The summed E-state index contributed by atoms with van der Waals surface area (Å²) in [4.78, 5) is 27.6.